The van der Waals surface area contributed by atoms with Gasteiger partial charge in [0.1, 0.15) is 12.4 Å². The largest absolute Gasteiger partial charge is 0.488 e. The number of ether oxygens (including phenoxy) is 1. The molecule has 0 fully saturated rings. The Morgan fingerprint density at radius 3 is 2.76 bits per heavy atom. The van der Waals surface area contributed by atoms with Crippen LogP contribution in [0.1, 0.15) is 11.1 Å². The highest BCUT2D eigenvalue weighted by Gasteiger charge is 2.08. The lowest BCUT2D eigenvalue weighted by atomic mass is 10.0. The maximum Gasteiger partial charge on any atom is 0.125 e. The summed E-state index contributed by atoms with van der Waals surface area (Å²) in [6, 6.07) is 13.8. The molecule has 106 valence electrons. The van der Waals surface area contributed by atoms with E-state index >= 15 is 0 Å². The van der Waals surface area contributed by atoms with Crippen LogP contribution in [0.5, 0.6) is 5.75 Å². The Labute approximate surface area is 131 Å². The molecule has 21 heavy (non-hydrogen) atoms. The molecule has 0 saturated carbocycles. The Morgan fingerprint density at radius 1 is 1.10 bits per heavy atom. The summed E-state index contributed by atoms with van der Waals surface area (Å²) in [5.41, 5.74) is 1.79. The molecule has 1 aromatic heterocycles. The third-order valence-electron chi connectivity index (χ3n) is 3.31. The fraction of sp³-hybridized carbons (Fsp3) is 0.118. The van der Waals surface area contributed by atoms with Crippen LogP contribution >= 0.6 is 15.9 Å². The first kappa shape index (κ1) is 14.0. The van der Waals surface area contributed by atoms with Crippen molar-refractivity contribution in [2.45, 2.75) is 13.2 Å². The van der Waals surface area contributed by atoms with Crippen molar-refractivity contribution in [3.8, 4) is 5.75 Å². The van der Waals surface area contributed by atoms with E-state index < -0.39 is 0 Å². The molecule has 0 aliphatic heterocycles. The molecular formula is C17H14BrNO2. The third-order valence-corrected chi connectivity index (χ3v) is 3.75. The smallest absolute Gasteiger partial charge is 0.125 e. The summed E-state index contributed by atoms with van der Waals surface area (Å²) in [5, 5.41) is 11.8. The van der Waals surface area contributed by atoms with Crippen LogP contribution in [0, 0.1) is 0 Å². The Kier molecular flexibility index (Phi) is 4.18. The van der Waals surface area contributed by atoms with Crippen LogP contribution < -0.4 is 4.74 Å². The number of hydrogen-bond acceptors (Lipinski definition) is 3. The van der Waals surface area contributed by atoms with Crippen LogP contribution in [-0.2, 0) is 13.2 Å². The van der Waals surface area contributed by atoms with Gasteiger partial charge < -0.3 is 9.84 Å². The Hall–Kier alpha value is -1.91. The van der Waals surface area contributed by atoms with Crippen molar-refractivity contribution >= 4 is 26.7 Å². The van der Waals surface area contributed by atoms with Crippen LogP contribution in [0.3, 0.4) is 0 Å². The molecule has 0 saturated heterocycles. The van der Waals surface area contributed by atoms with E-state index in [1.807, 2.05) is 42.5 Å². The van der Waals surface area contributed by atoms with Gasteiger partial charge in [0.05, 0.1) is 6.61 Å². The van der Waals surface area contributed by atoms with Gasteiger partial charge in [0.25, 0.3) is 0 Å². The number of nitrogens with zero attached hydrogens (tertiary/aromatic N) is 1. The van der Waals surface area contributed by atoms with Gasteiger partial charge in [0.2, 0.25) is 0 Å². The minimum atomic E-state index is -0.0482. The number of aliphatic hydroxyl groups is 1. The van der Waals surface area contributed by atoms with Crippen LogP contribution in [0.4, 0.5) is 0 Å². The van der Waals surface area contributed by atoms with Crippen LogP contribution in [-0.4, -0.2) is 10.1 Å². The Bertz CT molecular complexity index is 774. The minimum absolute atomic E-state index is 0.0482. The third kappa shape index (κ3) is 3.06. The highest BCUT2D eigenvalue weighted by Crippen LogP contribution is 2.28. The number of rotatable bonds is 4. The van der Waals surface area contributed by atoms with Gasteiger partial charge in [-0.1, -0.05) is 30.3 Å². The van der Waals surface area contributed by atoms with E-state index in [0.717, 1.165) is 26.4 Å². The molecule has 1 N–H and O–H groups in total. The number of halogens is 1. The second-order valence-corrected chi connectivity index (χ2v) is 5.64. The summed E-state index contributed by atoms with van der Waals surface area (Å²) in [7, 11) is 0. The molecular weight excluding hydrogens is 330 g/mol. The number of fused-ring (bicyclic) bond motifs is 1. The maximum atomic E-state index is 9.66. The summed E-state index contributed by atoms with van der Waals surface area (Å²) in [6.07, 6.45) is 3.50. The molecule has 0 atom stereocenters. The lowest BCUT2D eigenvalue weighted by Gasteiger charge is -2.12. The van der Waals surface area contributed by atoms with Crippen molar-refractivity contribution in [1.82, 2.24) is 4.98 Å². The number of hydrogen-bond donors (Lipinski definition) is 1. The van der Waals surface area contributed by atoms with Crippen molar-refractivity contribution in [3.63, 3.8) is 0 Å². The molecule has 0 spiro atoms. The summed E-state index contributed by atoms with van der Waals surface area (Å²) < 4.78 is 6.78. The van der Waals surface area contributed by atoms with Crippen LogP contribution in [0.15, 0.2) is 59.3 Å². The number of benzene rings is 2. The van der Waals surface area contributed by atoms with E-state index in [9.17, 15) is 5.11 Å². The molecule has 0 aliphatic carbocycles. The Morgan fingerprint density at radius 2 is 1.95 bits per heavy atom. The standard InChI is InChI=1S/C17H14BrNO2/c18-14-7-12(8-19-9-14)11-21-17-6-5-13-3-1-2-4-15(13)16(17)10-20/h1-9,20H,10-11H2. The second kappa shape index (κ2) is 6.24. The molecule has 0 radical (unpaired) electrons. The molecule has 3 rings (SSSR count). The van der Waals surface area contributed by atoms with E-state index in [2.05, 4.69) is 20.9 Å². The van der Waals surface area contributed by atoms with Gasteiger partial charge >= 0.3 is 0 Å². The molecule has 1 heterocycles. The molecule has 3 aromatic rings. The van der Waals surface area contributed by atoms with Crippen LogP contribution in [0.2, 0.25) is 0 Å². The maximum absolute atomic E-state index is 9.66. The first-order chi connectivity index (χ1) is 10.3. The normalized spacial score (nSPS) is 10.8. The molecule has 0 bridgehead atoms. The van der Waals surface area contributed by atoms with Crippen molar-refractivity contribution in [1.29, 1.82) is 0 Å². The van der Waals surface area contributed by atoms with Crippen molar-refractivity contribution in [3.05, 3.63) is 70.5 Å². The molecule has 4 heteroatoms. The summed E-state index contributed by atoms with van der Waals surface area (Å²) >= 11 is 3.39. The average molecular weight is 344 g/mol. The van der Waals surface area contributed by atoms with E-state index in [1.165, 1.54) is 0 Å². The highest BCUT2D eigenvalue weighted by molar-refractivity contribution is 9.10. The zero-order valence-corrected chi connectivity index (χ0v) is 12.9. The van der Waals surface area contributed by atoms with Crippen molar-refractivity contribution < 1.29 is 9.84 Å². The zero-order chi connectivity index (χ0) is 14.7. The monoisotopic (exact) mass is 343 g/mol. The highest BCUT2D eigenvalue weighted by atomic mass is 79.9. The topological polar surface area (TPSA) is 42.4 Å². The number of aromatic nitrogens is 1. The van der Waals surface area contributed by atoms with Gasteiger partial charge in [-0.15, -0.1) is 0 Å². The van der Waals surface area contributed by atoms with E-state index in [1.54, 1.807) is 12.4 Å². The van der Waals surface area contributed by atoms with Gasteiger partial charge in [-0.2, -0.15) is 0 Å². The quantitative estimate of drug-likeness (QED) is 0.776. The van der Waals surface area contributed by atoms with E-state index in [-0.39, 0.29) is 6.61 Å². The van der Waals surface area contributed by atoms with Crippen molar-refractivity contribution in [2.75, 3.05) is 0 Å². The van der Waals surface area contributed by atoms with Crippen molar-refractivity contribution in [2.24, 2.45) is 0 Å². The summed E-state index contributed by atoms with van der Waals surface area (Å²) in [5.74, 6) is 0.705. The van der Waals surface area contributed by atoms with Gasteiger partial charge in [0.15, 0.2) is 0 Å². The molecule has 0 aliphatic rings. The average Bonchev–Trinajstić information content (AvgIpc) is 2.52. The first-order valence-electron chi connectivity index (χ1n) is 6.61. The zero-order valence-electron chi connectivity index (χ0n) is 11.3. The fourth-order valence-corrected chi connectivity index (χ4v) is 2.72. The minimum Gasteiger partial charge on any atom is -0.488 e. The number of pyridine rings is 1. The molecule has 0 unspecified atom stereocenters. The van der Waals surface area contributed by atoms with Gasteiger partial charge in [-0.25, -0.2) is 0 Å². The SMILES string of the molecule is OCc1c(OCc2cncc(Br)c2)ccc2ccccc12. The van der Waals surface area contributed by atoms with Gasteiger partial charge in [-0.3, -0.25) is 4.98 Å². The predicted octanol–water partition coefficient (Wildman–Crippen LogP) is 4.07. The second-order valence-electron chi connectivity index (χ2n) is 4.72. The lowest BCUT2D eigenvalue weighted by Crippen LogP contribution is -2.00. The lowest BCUT2D eigenvalue weighted by molar-refractivity contribution is 0.260. The molecule has 2 aromatic carbocycles. The van der Waals surface area contributed by atoms with Gasteiger partial charge in [0, 0.05) is 28.0 Å². The van der Waals surface area contributed by atoms with E-state index in [0.29, 0.717) is 12.4 Å². The van der Waals surface area contributed by atoms with E-state index in [4.69, 9.17) is 4.74 Å². The molecule has 3 nitrogen and oxygen atoms in total. The fourth-order valence-electron chi connectivity index (χ4n) is 2.31. The van der Waals surface area contributed by atoms with Crippen LogP contribution in [0.25, 0.3) is 10.8 Å². The molecule has 0 amide bonds. The Balaban J connectivity index is 1.90. The summed E-state index contributed by atoms with van der Waals surface area (Å²) in [6.45, 7) is 0.366. The summed E-state index contributed by atoms with van der Waals surface area (Å²) in [4.78, 5) is 4.11. The van der Waals surface area contributed by atoms with Gasteiger partial charge in [-0.05, 0) is 38.8 Å². The number of aliphatic hydroxyl groups excluding tert-OH is 1. The first-order valence-corrected chi connectivity index (χ1v) is 7.41. The predicted molar refractivity (Wildman–Crippen MR) is 86.1 cm³/mol.